The number of hydrogen-bond acceptors (Lipinski definition) is 2. The topological polar surface area (TPSA) is 26.0 Å². The highest BCUT2D eigenvalue weighted by Crippen LogP contribution is 2.65. The predicted molar refractivity (Wildman–Crippen MR) is 65.4 cm³/mol. The maximum Gasteiger partial charge on any atom is 0.00908 e. The molecule has 0 aliphatic heterocycles. The second-order valence-electron chi connectivity index (χ2n) is 5.59. The van der Waals surface area contributed by atoms with Gasteiger partial charge in [-0.25, -0.2) is 0 Å². The van der Waals surface area contributed by atoms with E-state index in [0.717, 1.165) is 18.4 Å². The lowest BCUT2D eigenvalue weighted by atomic mass is 10.1. The summed E-state index contributed by atoms with van der Waals surface area (Å²) in [5.41, 5.74) is 7.92. The van der Waals surface area contributed by atoms with Gasteiger partial charge in [0.05, 0.1) is 0 Å². The first-order valence-corrected chi connectivity index (χ1v) is 6.78. The molecule has 2 aliphatic rings. The summed E-state index contributed by atoms with van der Waals surface area (Å²) < 4.78 is 0. The lowest BCUT2D eigenvalue weighted by Crippen LogP contribution is -2.05. The summed E-state index contributed by atoms with van der Waals surface area (Å²) in [5.74, 6) is 1.47. The Morgan fingerprint density at radius 1 is 1.47 bits per heavy atom. The Kier molecular flexibility index (Phi) is 2.02. The minimum Gasteiger partial charge on any atom is -0.330 e. The zero-order chi connectivity index (χ0) is 10.6. The summed E-state index contributed by atoms with van der Waals surface area (Å²) in [5, 5.41) is 0. The number of thiophene rings is 1. The molecule has 0 unspecified atom stereocenters. The van der Waals surface area contributed by atoms with Gasteiger partial charge in [-0.15, -0.1) is 11.3 Å². The first-order valence-electron chi connectivity index (χ1n) is 5.96. The van der Waals surface area contributed by atoms with Gasteiger partial charge in [0, 0.05) is 15.7 Å². The van der Waals surface area contributed by atoms with Gasteiger partial charge < -0.3 is 5.73 Å². The smallest absolute Gasteiger partial charge is 0.00908 e. The summed E-state index contributed by atoms with van der Waals surface area (Å²) >= 11 is 2.06. The van der Waals surface area contributed by atoms with Crippen molar-refractivity contribution in [3.05, 3.63) is 21.4 Å². The maximum atomic E-state index is 5.83. The molecule has 0 bridgehead atoms. The second-order valence-corrected chi connectivity index (χ2v) is 6.76. The van der Waals surface area contributed by atoms with Crippen LogP contribution in [0.3, 0.4) is 0 Å². The molecule has 0 spiro atoms. The Hall–Kier alpha value is -0.340. The van der Waals surface area contributed by atoms with Crippen molar-refractivity contribution in [2.24, 2.45) is 17.1 Å². The van der Waals surface area contributed by atoms with Gasteiger partial charge in [-0.2, -0.15) is 0 Å². The molecule has 2 heteroatoms. The van der Waals surface area contributed by atoms with E-state index in [1.54, 1.807) is 15.3 Å². The Balaban J connectivity index is 1.89. The molecule has 1 aromatic rings. The maximum absolute atomic E-state index is 5.83. The monoisotopic (exact) mass is 221 g/mol. The average molecular weight is 221 g/mol. The molecule has 0 radical (unpaired) electrons. The van der Waals surface area contributed by atoms with Crippen molar-refractivity contribution in [3.8, 4) is 0 Å². The number of fused-ring (bicyclic) bond motifs is 1. The van der Waals surface area contributed by atoms with Crippen molar-refractivity contribution >= 4 is 11.3 Å². The normalized spacial score (nSPS) is 31.7. The van der Waals surface area contributed by atoms with Gasteiger partial charge in [-0.1, -0.05) is 13.8 Å². The van der Waals surface area contributed by atoms with Crippen molar-refractivity contribution in [1.82, 2.24) is 0 Å². The fourth-order valence-corrected chi connectivity index (χ4v) is 4.87. The van der Waals surface area contributed by atoms with Crippen LogP contribution in [0.15, 0.2) is 6.07 Å². The van der Waals surface area contributed by atoms with Crippen LogP contribution >= 0.6 is 11.3 Å². The third kappa shape index (κ3) is 1.31. The molecule has 2 N–H and O–H groups in total. The SMILES string of the molecule is CC1(C)[C@H](CN)[C@H]1c1cc2c(s1)CCC2. The van der Waals surface area contributed by atoms with Gasteiger partial charge >= 0.3 is 0 Å². The van der Waals surface area contributed by atoms with E-state index in [4.69, 9.17) is 5.73 Å². The molecule has 3 rings (SSSR count). The van der Waals surface area contributed by atoms with Crippen LogP contribution in [0.5, 0.6) is 0 Å². The summed E-state index contributed by atoms with van der Waals surface area (Å²) in [6.45, 7) is 5.57. The van der Waals surface area contributed by atoms with Gasteiger partial charge in [0.1, 0.15) is 0 Å². The first kappa shape index (κ1) is 9.86. The standard InChI is InChI=1S/C13H19NS/c1-13(2)9(7-14)12(13)11-6-8-4-3-5-10(8)15-11/h6,9,12H,3-5,7,14H2,1-2H3/t9-,12+/m1/s1. The van der Waals surface area contributed by atoms with Crippen LogP contribution in [0.1, 0.15) is 41.5 Å². The Morgan fingerprint density at radius 3 is 2.87 bits per heavy atom. The second kappa shape index (κ2) is 3.08. The van der Waals surface area contributed by atoms with E-state index in [0.29, 0.717) is 5.41 Å². The number of hydrogen-bond donors (Lipinski definition) is 1. The molecule has 0 aromatic carbocycles. The number of aryl methyl sites for hydroxylation is 2. The summed E-state index contributed by atoms with van der Waals surface area (Å²) in [4.78, 5) is 3.27. The molecular formula is C13H19NS. The largest absolute Gasteiger partial charge is 0.330 e. The van der Waals surface area contributed by atoms with Crippen LogP contribution in [0.25, 0.3) is 0 Å². The highest BCUT2D eigenvalue weighted by atomic mass is 32.1. The van der Waals surface area contributed by atoms with E-state index >= 15 is 0 Å². The van der Waals surface area contributed by atoms with Gasteiger partial charge in [-0.3, -0.25) is 0 Å². The Bertz CT molecular complexity index is 370. The highest BCUT2D eigenvalue weighted by Gasteiger charge is 2.57. The molecule has 15 heavy (non-hydrogen) atoms. The minimum atomic E-state index is 0.452. The molecule has 2 aliphatic carbocycles. The molecule has 0 saturated heterocycles. The quantitative estimate of drug-likeness (QED) is 0.816. The molecule has 1 fully saturated rings. The molecule has 1 nitrogen and oxygen atoms in total. The third-order valence-corrected chi connectivity index (χ3v) is 5.70. The zero-order valence-electron chi connectivity index (χ0n) is 9.55. The molecule has 1 aromatic heterocycles. The van der Waals surface area contributed by atoms with Crippen molar-refractivity contribution in [2.75, 3.05) is 6.54 Å². The molecular weight excluding hydrogens is 202 g/mol. The molecule has 1 saturated carbocycles. The Morgan fingerprint density at radius 2 is 2.27 bits per heavy atom. The predicted octanol–water partition coefficient (Wildman–Crippen LogP) is 2.94. The number of rotatable bonds is 2. The summed E-state index contributed by atoms with van der Waals surface area (Å²) in [7, 11) is 0. The minimum absolute atomic E-state index is 0.452. The van der Waals surface area contributed by atoms with Crippen LogP contribution in [0.2, 0.25) is 0 Å². The van der Waals surface area contributed by atoms with Crippen LogP contribution in [-0.2, 0) is 12.8 Å². The van der Waals surface area contributed by atoms with Crippen molar-refractivity contribution in [2.45, 2.75) is 39.0 Å². The van der Waals surface area contributed by atoms with E-state index in [1.807, 2.05) is 0 Å². The van der Waals surface area contributed by atoms with Crippen LogP contribution < -0.4 is 5.73 Å². The fraction of sp³-hybridized carbons (Fsp3) is 0.692. The van der Waals surface area contributed by atoms with Crippen LogP contribution in [0, 0.1) is 11.3 Å². The average Bonchev–Trinajstić information content (AvgIpc) is 2.57. The van der Waals surface area contributed by atoms with E-state index in [2.05, 4.69) is 31.3 Å². The summed E-state index contributed by atoms with van der Waals surface area (Å²) in [6.07, 6.45) is 4.00. The van der Waals surface area contributed by atoms with Gasteiger partial charge in [0.15, 0.2) is 0 Å². The van der Waals surface area contributed by atoms with E-state index < -0.39 is 0 Å². The lowest BCUT2D eigenvalue weighted by Gasteiger charge is -1.99. The molecule has 2 atom stereocenters. The highest BCUT2D eigenvalue weighted by molar-refractivity contribution is 7.12. The van der Waals surface area contributed by atoms with Crippen LogP contribution in [0.4, 0.5) is 0 Å². The van der Waals surface area contributed by atoms with Gasteiger partial charge in [0.2, 0.25) is 0 Å². The third-order valence-electron chi connectivity index (χ3n) is 4.38. The van der Waals surface area contributed by atoms with Gasteiger partial charge in [0.25, 0.3) is 0 Å². The Labute approximate surface area is 95.7 Å². The van der Waals surface area contributed by atoms with E-state index in [9.17, 15) is 0 Å². The zero-order valence-corrected chi connectivity index (χ0v) is 10.4. The van der Waals surface area contributed by atoms with Crippen molar-refractivity contribution < 1.29 is 0 Å². The van der Waals surface area contributed by atoms with Crippen molar-refractivity contribution in [3.63, 3.8) is 0 Å². The fourth-order valence-electron chi connectivity index (χ4n) is 3.25. The first-order chi connectivity index (χ1) is 7.14. The lowest BCUT2D eigenvalue weighted by molar-refractivity contribution is 0.559. The van der Waals surface area contributed by atoms with Crippen LogP contribution in [-0.4, -0.2) is 6.54 Å². The number of nitrogens with two attached hydrogens (primary N) is 1. The molecule has 1 heterocycles. The molecule has 82 valence electrons. The summed E-state index contributed by atoms with van der Waals surface area (Å²) in [6, 6.07) is 2.47. The van der Waals surface area contributed by atoms with Gasteiger partial charge in [-0.05, 0) is 48.8 Å². The molecule has 0 amide bonds. The van der Waals surface area contributed by atoms with Crippen molar-refractivity contribution in [1.29, 1.82) is 0 Å². The van der Waals surface area contributed by atoms with E-state index in [-0.39, 0.29) is 0 Å². The van der Waals surface area contributed by atoms with E-state index in [1.165, 1.54) is 19.3 Å².